The van der Waals surface area contributed by atoms with E-state index in [4.69, 9.17) is 15.5 Å². The van der Waals surface area contributed by atoms with Crippen LogP contribution in [0.2, 0.25) is 0 Å². The lowest BCUT2D eigenvalue weighted by Gasteiger charge is -2.33. The fraction of sp³-hybridized carbons (Fsp3) is 0.640. The van der Waals surface area contributed by atoms with Gasteiger partial charge in [0.1, 0.15) is 5.82 Å². The molecule has 0 radical (unpaired) electrons. The van der Waals surface area contributed by atoms with Crippen LogP contribution in [0, 0.1) is 0 Å². The molecule has 2 fully saturated rings. The highest BCUT2D eigenvalue weighted by Crippen LogP contribution is 2.30. The van der Waals surface area contributed by atoms with E-state index in [0.717, 1.165) is 75.1 Å². The molecule has 0 bridgehead atoms. The number of carbonyl (C=O) groups is 2. The van der Waals surface area contributed by atoms with Crippen LogP contribution in [0.1, 0.15) is 50.3 Å². The van der Waals surface area contributed by atoms with Crippen LogP contribution in [-0.2, 0) is 16.1 Å². The van der Waals surface area contributed by atoms with E-state index in [2.05, 4.69) is 16.0 Å². The summed E-state index contributed by atoms with van der Waals surface area (Å²) < 4.78 is 7.56. The summed E-state index contributed by atoms with van der Waals surface area (Å²) in [5, 5.41) is 2.88. The third kappa shape index (κ3) is 5.88. The Kier molecular flexibility index (Phi) is 8.39. The van der Waals surface area contributed by atoms with E-state index in [-0.39, 0.29) is 24.3 Å². The maximum absolute atomic E-state index is 13.0. The number of aryl methyl sites for hydroxylation is 1. The number of rotatable bonds is 9. The number of likely N-dealkylation sites (tertiary alicyclic amines) is 2. The molecule has 1 aromatic carbocycles. The van der Waals surface area contributed by atoms with Gasteiger partial charge < -0.3 is 30.2 Å². The lowest BCUT2D eigenvalue weighted by Crippen LogP contribution is -2.47. The van der Waals surface area contributed by atoms with Gasteiger partial charge in [-0.05, 0) is 44.2 Å². The smallest absolute Gasteiger partial charge is 0.317 e. The predicted molar refractivity (Wildman–Crippen MR) is 132 cm³/mol. The fourth-order valence-corrected chi connectivity index (χ4v) is 5.10. The SMILES string of the molecule is COCCCn1c([C@@H]2CCCN(C(=O)C[C@H](N)CNC(=O)N3CCCC3)C2)nc2ccccc21. The largest absolute Gasteiger partial charge is 0.385 e. The Bertz CT molecular complexity index is 971. The third-order valence-corrected chi connectivity index (χ3v) is 6.90. The Balaban J connectivity index is 1.36. The topological polar surface area (TPSA) is 106 Å². The molecule has 186 valence electrons. The highest BCUT2D eigenvalue weighted by Gasteiger charge is 2.29. The van der Waals surface area contributed by atoms with Gasteiger partial charge in [-0.1, -0.05) is 12.1 Å². The number of amides is 3. The molecule has 0 unspecified atom stereocenters. The molecule has 2 aromatic rings. The fourth-order valence-electron chi connectivity index (χ4n) is 5.10. The lowest BCUT2D eigenvalue weighted by atomic mass is 9.96. The van der Waals surface area contributed by atoms with Crippen molar-refractivity contribution in [3.05, 3.63) is 30.1 Å². The summed E-state index contributed by atoms with van der Waals surface area (Å²) in [4.78, 5) is 33.9. The molecule has 4 rings (SSSR count). The number of methoxy groups -OCH3 is 1. The van der Waals surface area contributed by atoms with Gasteiger partial charge in [-0.15, -0.1) is 0 Å². The van der Waals surface area contributed by atoms with Crippen LogP contribution in [0.5, 0.6) is 0 Å². The van der Waals surface area contributed by atoms with Gasteiger partial charge in [0.05, 0.1) is 11.0 Å². The zero-order valence-corrected chi connectivity index (χ0v) is 20.2. The second-order valence-corrected chi connectivity index (χ2v) is 9.48. The first kappa shape index (κ1) is 24.5. The summed E-state index contributed by atoms with van der Waals surface area (Å²) in [5.41, 5.74) is 8.33. The molecule has 9 nitrogen and oxygen atoms in total. The molecule has 34 heavy (non-hydrogen) atoms. The Morgan fingerprint density at radius 1 is 1.18 bits per heavy atom. The normalized spacial score (nSPS) is 19.5. The number of fused-ring (bicyclic) bond motifs is 1. The number of para-hydroxylation sites is 2. The average molecular weight is 471 g/mol. The first-order chi connectivity index (χ1) is 16.6. The number of nitrogens with one attached hydrogen (secondary N) is 1. The molecule has 1 aromatic heterocycles. The van der Waals surface area contributed by atoms with Crippen molar-refractivity contribution >= 4 is 23.0 Å². The van der Waals surface area contributed by atoms with Crippen molar-refractivity contribution in [3.8, 4) is 0 Å². The minimum absolute atomic E-state index is 0.0506. The molecule has 3 heterocycles. The van der Waals surface area contributed by atoms with E-state index in [9.17, 15) is 9.59 Å². The van der Waals surface area contributed by atoms with Crippen LogP contribution in [0.25, 0.3) is 11.0 Å². The molecule has 0 aliphatic carbocycles. The number of urea groups is 1. The van der Waals surface area contributed by atoms with Gasteiger partial charge in [0.15, 0.2) is 0 Å². The van der Waals surface area contributed by atoms with Gasteiger partial charge >= 0.3 is 6.03 Å². The minimum Gasteiger partial charge on any atom is -0.385 e. The van der Waals surface area contributed by atoms with Crippen LogP contribution >= 0.6 is 0 Å². The van der Waals surface area contributed by atoms with Crippen molar-refractivity contribution in [2.75, 3.05) is 46.4 Å². The molecule has 2 aliphatic rings. The van der Waals surface area contributed by atoms with Gasteiger partial charge in [0.2, 0.25) is 5.91 Å². The zero-order valence-electron chi connectivity index (χ0n) is 20.2. The van der Waals surface area contributed by atoms with Crippen molar-refractivity contribution in [1.29, 1.82) is 0 Å². The number of aromatic nitrogens is 2. The molecule has 3 N–H and O–H groups in total. The van der Waals surface area contributed by atoms with Crippen molar-refractivity contribution in [2.24, 2.45) is 5.73 Å². The molecule has 9 heteroatoms. The number of nitrogens with zero attached hydrogens (tertiary/aromatic N) is 4. The summed E-state index contributed by atoms with van der Waals surface area (Å²) in [6.07, 6.45) is 5.20. The molecule has 0 spiro atoms. The number of carbonyl (C=O) groups excluding carboxylic acids is 2. The van der Waals surface area contributed by atoms with Crippen LogP contribution in [0.4, 0.5) is 4.79 Å². The van der Waals surface area contributed by atoms with E-state index in [0.29, 0.717) is 19.7 Å². The Labute approximate surface area is 201 Å². The molecule has 2 atom stereocenters. The highest BCUT2D eigenvalue weighted by molar-refractivity contribution is 5.78. The molecule has 2 saturated heterocycles. The van der Waals surface area contributed by atoms with Crippen LogP contribution < -0.4 is 11.1 Å². The van der Waals surface area contributed by atoms with Gasteiger partial charge in [-0.2, -0.15) is 0 Å². The van der Waals surface area contributed by atoms with Crippen LogP contribution in [0.3, 0.4) is 0 Å². The average Bonchev–Trinajstić information content (AvgIpc) is 3.52. The number of benzene rings is 1. The van der Waals surface area contributed by atoms with Gasteiger partial charge in [-0.25, -0.2) is 9.78 Å². The number of imidazole rings is 1. The van der Waals surface area contributed by atoms with Gasteiger partial charge in [0.25, 0.3) is 0 Å². The summed E-state index contributed by atoms with van der Waals surface area (Å²) in [6, 6.07) is 7.75. The molecule has 2 aliphatic heterocycles. The zero-order chi connectivity index (χ0) is 23.9. The third-order valence-electron chi connectivity index (χ3n) is 6.90. The number of nitrogens with two attached hydrogens (primary N) is 1. The van der Waals surface area contributed by atoms with Crippen molar-refractivity contribution < 1.29 is 14.3 Å². The van der Waals surface area contributed by atoms with E-state index in [1.54, 1.807) is 7.11 Å². The molecule has 0 saturated carbocycles. The first-order valence-electron chi connectivity index (χ1n) is 12.6. The van der Waals surface area contributed by atoms with E-state index in [1.165, 1.54) is 0 Å². The Morgan fingerprint density at radius 2 is 1.94 bits per heavy atom. The molecular weight excluding hydrogens is 432 g/mol. The van der Waals surface area contributed by atoms with Gasteiger partial charge in [-0.3, -0.25) is 4.79 Å². The number of ether oxygens (including phenoxy) is 1. The Morgan fingerprint density at radius 3 is 2.74 bits per heavy atom. The number of hydrogen-bond donors (Lipinski definition) is 2. The summed E-state index contributed by atoms with van der Waals surface area (Å²) in [5.74, 6) is 1.30. The van der Waals surface area contributed by atoms with Crippen molar-refractivity contribution in [1.82, 2.24) is 24.7 Å². The minimum atomic E-state index is -0.391. The Hall–Kier alpha value is -2.65. The summed E-state index contributed by atoms with van der Waals surface area (Å²) in [6.45, 7) is 4.85. The summed E-state index contributed by atoms with van der Waals surface area (Å²) >= 11 is 0. The molecule has 3 amide bonds. The van der Waals surface area contributed by atoms with Crippen LogP contribution in [-0.4, -0.2) is 83.8 Å². The van der Waals surface area contributed by atoms with Crippen LogP contribution in [0.15, 0.2) is 24.3 Å². The maximum atomic E-state index is 13.0. The highest BCUT2D eigenvalue weighted by atomic mass is 16.5. The van der Waals surface area contributed by atoms with E-state index in [1.807, 2.05) is 28.0 Å². The monoisotopic (exact) mass is 470 g/mol. The first-order valence-corrected chi connectivity index (χ1v) is 12.6. The van der Waals surface area contributed by atoms with Gasteiger partial charge in [0, 0.05) is 71.4 Å². The standard InChI is InChI=1S/C25H38N6O3/c1-34-15-7-14-31-22-10-3-2-9-21(22)28-24(31)19-8-6-13-30(18-19)23(32)16-20(26)17-27-25(33)29-11-4-5-12-29/h2-3,9-10,19-20H,4-8,11-18,26H2,1H3,(H,27,33)/t19-,20+/m1/s1. The molecular formula is C25H38N6O3. The van der Waals surface area contributed by atoms with Crippen molar-refractivity contribution in [3.63, 3.8) is 0 Å². The maximum Gasteiger partial charge on any atom is 0.317 e. The summed E-state index contributed by atoms with van der Waals surface area (Å²) in [7, 11) is 1.72. The second-order valence-electron chi connectivity index (χ2n) is 9.48. The number of piperidine rings is 1. The second kappa shape index (κ2) is 11.7. The van der Waals surface area contributed by atoms with E-state index >= 15 is 0 Å². The predicted octanol–water partition coefficient (Wildman–Crippen LogP) is 2.30. The number of hydrogen-bond acceptors (Lipinski definition) is 5. The van der Waals surface area contributed by atoms with Crippen molar-refractivity contribution in [2.45, 2.75) is 57.0 Å². The quantitative estimate of drug-likeness (QED) is 0.547. The lowest BCUT2D eigenvalue weighted by molar-refractivity contribution is -0.132. The van der Waals surface area contributed by atoms with E-state index < -0.39 is 6.04 Å².